The first-order valence-corrected chi connectivity index (χ1v) is 8.16. The van der Waals surface area contributed by atoms with Gasteiger partial charge in [-0.1, -0.05) is 17.7 Å². The van der Waals surface area contributed by atoms with Gasteiger partial charge in [0.2, 0.25) is 0 Å². The minimum atomic E-state index is -0.474. The molecule has 2 aromatic carbocycles. The molecule has 0 atom stereocenters. The minimum Gasteiger partial charge on any atom is -0.496 e. The lowest BCUT2D eigenvalue weighted by molar-refractivity contribution is 0.0947. The molecule has 1 aliphatic rings. The molecule has 3 rings (SSSR count). The molecule has 0 fully saturated rings. The Labute approximate surface area is 149 Å². The number of fused-ring (bicyclic) bond motifs is 1. The van der Waals surface area contributed by atoms with E-state index in [2.05, 4.69) is 5.32 Å². The highest BCUT2D eigenvalue weighted by atomic mass is 35.5. The third kappa shape index (κ3) is 3.79. The standard InChI is InChI=1S/C18H17ClFNO4/c1-23-15-9-17-16(24-6-3-7-25-17)8-11(15)18(22)21-10-12-13(19)4-2-5-14(12)20/h2,4-5,8-9H,3,6-7,10H2,1H3,(H,21,22). The summed E-state index contributed by atoms with van der Waals surface area (Å²) in [6.07, 6.45) is 0.754. The summed E-state index contributed by atoms with van der Waals surface area (Å²) in [6.45, 7) is 1.00. The molecule has 0 saturated heterocycles. The van der Waals surface area contributed by atoms with Gasteiger partial charge in [-0.25, -0.2) is 4.39 Å². The fourth-order valence-electron chi connectivity index (χ4n) is 2.50. The van der Waals surface area contributed by atoms with Crippen LogP contribution in [-0.4, -0.2) is 26.2 Å². The Balaban J connectivity index is 1.83. The predicted molar refractivity (Wildman–Crippen MR) is 91.2 cm³/mol. The van der Waals surface area contributed by atoms with Crippen molar-refractivity contribution in [3.63, 3.8) is 0 Å². The van der Waals surface area contributed by atoms with E-state index >= 15 is 0 Å². The number of methoxy groups -OCH3 is 1. The molecule has 0 bridgehead atoms. The lowest BCUT2D eigenvalue weighted by Gasteiger charge is -2.14. The van der Waals surface area contributed by atoms with Crippen LogP contribution in [0.15, 0.2) is 30.3 Å². The van der Waals surface area contributed by atoms with Crippen LogP contribution >= 0.6 is 11.6 Å². The quantitative estimate of drug-likeness (QED) is 0.899. The van der Waals surface area contributed by atoms with Gasteiger partial charge >= 0.3 is 0 Å². The van der Waals surface area contributed by atoms with E-state index in [1.807, 2.05) is 0 Å². The molecule has 0 aromatic heterocycles. The molecule has 1 heterocycles. The van der Waals surface area contributed by atoms with Crippen LogP contribution in [0, 0.1) is 5.82 Å². The zero-order valence-corrected chi connectivity index (χ0v) is 14.4. The maximum Gasteiger partial charge on any atom is 0.255 e. The van der Waals surface area contributed by atoms with Crippen LogP contribution in [0.4, 0.5) is 4.39 Å². The molecule has 0 radical (unpaired) electrons. The Bertz CT molecular complexity index is 777. The molecule has 1 aliphatic heterocycles. The first kappa shape index (κ1) is 17.4. The van der Waals surface area contributed by atoms with Gasteiger partial charge in [-0.05, 0) is 12.1 Å². The maximum absolute atomic E-state index is 13.8. The number of carbonyl (C=O) groups excluding carboxylic acids is 1. The van der Waals surface area contributed by atoms with Gasteiger partial charge in [0.1, 0.15) is 11.6 Å². The summed E-state index contributed by atoms with van der Waals surface area (Å²) in [4.78, 5) is 12.5. The van der Waals surface area contributed by atoms with Crippen LogP contribution in [0.2, 0.25) is 5.02 Å². The molecule has 2 aromatic rings. The molecule has 0 aliphatic carbocycles. The lowest BCUT2D eigenvalue weighted by Crippen LogP contribution is -2.24. The number of hydrogen-bond donors (Lipinski definition) is 1. The fourth-order valence-corrected chi connectivity index (χ4v) is 2.73. The van der Waals surface area contributed by atoms with Crippen LogP contribution in [0.25, 0.3) is 0 Å². The van der Waals surface area contributed by atoms with Gasteiger partial charge in [0.25, 0.3) is 5.91 Å². The monoisotopic (exact) mass is 365 g/mol. The minimum absolute atomic E-state index is 0.0397. The zero-order valence-electron chi connectivity index (χ0n) is 13.6. The highest BCUT2D eigenvalue weighted by molar-refractivity contribution is 6.31. The van der Waals surface area contributed by atoms with Crippen molar-refractivity contribution in [2.45, 2.75) is 13.0 Å². The predicted octanol–water partition coefficient (Wildman–Crippen LogP) is 3.58. The van der Waals surface area contributed by atoms with Crippen LogP contribution < -0.4 is 19.5 Å². The molecule has 0 spiro atoms. The van der Waals surface area contributed by atoms with E-state index in [9.17, 15) is 9.18 Å². The molecule has 5 nitrogen and oxygen atoms in total. The molecule has 1 N–H and O–H groups in total. The molecule has 0 unspecified atom stereocenters. The van der Waals surface area contributed by atoms with Crippen molar-refractivity contribution < 1.29 is 23.4 Å². The number of amides is 1. The second kappa shape index (κ2) is 7.61. The van der Waals surface area contributed by atoms with Crippen LogP contribution in [0.3, 0.4) is 0 Å². The van der Waals surface area contributed by atoms with E-state index in [0.717, 1.165) is 6.42 Å². The first-order valence-electron chi connectivity index (χ1n) is 7.79. The zero-order chi connectivity index (χ0) is 17.8. The summed E-state index contributed by atoms with van der Waals surface area (Å²) in [5.41, 5.74) is 0.505. The van der Waals surface area contributed by atoms with Crippen molar-refractivity contribution in [2.24, 2.45) is 0 Å². The van der Waals surface area contributed by atoms with Gasteiger partial charge in [0, 0.05) is 35.7 Å². The Morgan fingerprint density at radius 3 is 2.68 bits per heavy atom. The summed E-state index contributed by atoms with van der Waals surface area (Å²) >= 11 is 5.98. The van der Waals surface area contributed by atoms with Crippen molar-refractivity contribution in [3.05, 3.63) is 52.3 Å². The van der Waals surface area contributed by atoms with Gasteiger partial charge in [-0.2, -0.15) is 0 Å². The van der Waals surface area contributed by atoms with Crippen molar-refractivity contribution >= 4 is 17.5 Å². The van der Waals surface area contributed by atoms with E-state index in [1.54, 1.807) is 18.2 Å². The summed E-state index contributed by atoms with van der Waals surface area (Å²) in [7, 11) is 1.46. The van der Waals surface area contributed by atoms with Crippen LogP contribution in [0.5, 0.6) is 17.2 Å². The van der Waals surface area contributed by atoms with Crippen molar-refractivity contribution in [3.8, 4) is 17.2 Å². The highest BCUT2D eigenvalue weighted by Crippen LogP contribution is 2.36. The normalized spacial score (nSPS) is 13.1. The van der Waals surface area contributed by atoms with Gasteiger partial charge in [-0.3, -0.25) is 4.79 Å². The Morgan fingerprint density at radius 1 is 1.28 bits per heavy atom. The molecule has 7 heteroatoms. The number of rotatable bonds is 4. The van der Waals surface area contributed by atoms with E-state index < -0.39 is 11.7 Å². The Morgan fingerprint density at radius 2 is 2.00 bits per heavy atom. The fraction of sp³-hybridized carbons (Fsp3) is 0.278. The average molecular weight is 366 g/mol. The number of hydrogen-bond acceptors (Lipinski definition) is 4. The molecular weight excluding hydrogens is 349 g/mol. The Kier molecular flexibility index (Phi) is 5.28. The maximum atomic E-state index is 13.8. The molecule has 1 amide bonds. The number of halogens is 2. The van der Waals surface area contributed by atoms with Gasteiger partial charge in [-0.15, -0.1) is 0 Å². The number of carbonyl (C=O) groups is 1. The van der Waals surface area contributed by atoms with Gasteiger partial charge < -0.3 is 19.5 Å². The number of nitrogens with one attached hydrogen (secondary N) is 1. The summed E-state index contributed by atoms with van der Waals surface area (Å²) < 4.78 is 30.3. The first-order chi connectivity index (χ1) is 12.1. The highest BCUT2D eigenvalue weighted by Gasteiger charge is 2.20. The second-order valence-electron chi connectivity index (χ2n) is 5.43. The van der Waals surface area contributed by atoms with E-state index in [0.29, 0.717) is 30.5 Å². The summed E-state index contributed by atoms with van der Waals surface area (Å²) in [5, 5.41) is 2.91. The summed E-state index contributed by atoms with van der Waals surface area (Å²) in [5.74, 6) is 0.460. The number of benzene rings is 2. The van der Waals surface area contributed by atoms with Crippen molar-refractivity contribution in [1.82, 2.24) is 5.32 Å². The second-order valence-corrected chi connectivity index (χ2v) is 5.84. The van der Waals surface area contributed by atoms with Gasteiger partial charge in [0.15, 0.2) is 11.5 Å². The molecule has 132 valence electrons. The largest absolute Gasteiger partial charge is 0.496 e. The third-order valence-electron chi connectivity index (χ3n) is 3.80. The van der Waals surface area contributed by atoms with E-state index in [1.165, 1.54) is 19.2 Å². The van der Waals surface area contributed by atoms with Crippen LogP contribution in [0.1, 0.15) is 22.3 Å². The van der Waals surface area contributed by atoms with E-state index in [-0.39, 0.29) is 22.7 Å². The van der Waals surface area contributed by atoms with Crippen molar-refractivity contribution in [2.75, 3.05) is 20.3 Å². The average Bonchev–Trinajstić information content (AvgIpc) is 2.84. The topological polar surface area (TPSA) is 56.8 Å². The molecule has 25 heavy (non-hydrogen) atoms. The SMILES string of the molecule is COc1cc2c(cc1C(=O)NCc1c(F)cccc1Cl)OCCCO2. The molecule has 0 saturated carbocycles. The Hall–Kier alpha value is -2.47. The lowest BCUT2D eigenvalue weighted by atomic mass is 10.1. The van der Waals surface area contributed by atoms with Crippen molar-refractivity contribution in [1.29, 1.82) is 0 Å². The van der Waals surface area contributed by atoms with E-state index in [4.69, 9.17) is 25.8 Å². The van der Waals surface area contributed by atoms with Gasteiger partial charge in [0.05, 0.1) is 25.9 Å². The third-order valence-corrected chi connectivity index (χ3v) is 4.16. The number of ether oxygens (including phenoxy) is 3. The smallest absolute Gasteiger partial charge is 0.255 e. The van der Waals surface area contributed by atoms with Crippen LogP contribution in [-0.2, 0) is 6.54 Å². The summed E-state index contributed by atoms with van der Waals surface area (Å²) in [6, 6.07) is 7.56. The molecular formula is C18H17ClFNO4.